The molecule has 0 aliphatic rings. The Hall–Kier alpha value is -0.840. The minimum Gasteiger partial charge on any atom is -1.00 e. The van der Waals surface area contributed by atoms with Crippen molar-refractivity contribution in [1.29, 1.82) is 0 Å². The number of nitrogens with zero attached hydrogens (tertiary/aromatic N) is 1. The standard InChI is InChI=1S/C15H14NS2.BrH/c1-16-13-9-5-6-10-14(13)18-15(16)17-11-12-7-3-2-4-8-12;/h2-10H,11H2,1H3;1H/q+1;/p-1. The molecule has 0 saturated heterocycles. The van der Waals surface area contributed by atoms with Gasteiger partial charge in [0.15, 0.2) is 0 Å². The highest BCUT2D eigenvalue weighted by molar-refractivity contribution is 8.00. The Kier molecular flexibility index (Phi) is 5.02. The second-order valence-electron chi connectivity index (χ2n) is 4.17. The van der Waals surface area contributed by atoms with Crippen LogP contribution in [0.4, 0.5) is 0 Å². The van der Waals surface area contributed by atoms with E-state index in [9.17, 15) is 0 Å². The molecule has 19 heavy (non-hydrogen) atoms. The van der Waals surface area contributed by atoms with Crippen molar-refractivity contribution in [2.45, 2.75) is 10.1 Å². The molecule has 0 saturated carbocycles. The van der Waals surface area contributed by atoms with Gasteiger partial charge in [0.2, 0.25) is 5.52 Å². The summed E-state index contributed by atoms with van der Waals surface area (Å²) in [6.45, 7) is 0. The van der Waals surface area contributed by atoms with Crippen LogP contribution in [0.5, 0.6) is 0 Å². The molecule has 3 aromatic rings. The summed E-state index contributed by atoms with van der Waals surface area (Å²) in [5, 5.41) is 0. The molecule has 0 unspecified atom stereocenters. The van der Waals surface area contributed by atoms with Crippen LogP contribution in [0.2, 0.25) is 0 Å². The zero-order chi connectivity index (χ0) is 12.4. The van der Waals surface area contributed by atoms with E-state index in [0.717, 1.165) is 5.75 Å². The minimum atomic E-state index is 0. The van der Waals surface area contributed by atoms with Crippen molar-refractivity contribution in [1.82, 2.24) is 0 Å². The molecule has 98 valence electrons. The number of hydrogen-bond donors (Lipinski definition) is 0. The van der Waals surface area contributed by atoms with E-state index in [4.69, 9.17) is 0 Å². The molecule has 0 radical (unpaired) electrons. The van der Waals surface area contributed by atoms with Crippen molar-refractivity contribution in [3.63, 3.8) is 0 Å². The van der Waals surface area contributed by atoms with Crippen molar-refractivity contribution in [3.8, 4) is 0 Å². The van der Waals surface area contributed by atoms with Gasteiger partial charge in [-0.05, 0) is 23.4 Å². The molecule has 0 N–H and O–H groups in total. The molecule has 0 amide bonds. The molecule has 1 aromatic heterocycles. The monoisotopic (exact) mass is 351 g/mol. The number of rotatable bonds is 3. The topological polar surface area (TPSA) is 3.88 Å². The Morgan fingerprint density at radius 3 is 2.42 bits per heavy atom. The summed E-state index contributed by atoms with van der Waals surface area (Å²) in [7, 11) is 2.14. The van der Waals surface area contributed by atoms with Gasteiger partial charge in [0.25, 0.3) is 4.34 Å². The summed E-state index contributed by atoms with van der Waals surface area (Å²) >= 11 is 3.78. The minimum absolute atomic E-state index is 0. The molecule has 1 heterocycles. The Morgan fingerprint density at radius 1 is 1.00 bits per heavy atom. The van der Waals surface area contributed by atoms with Crippen molar-refractivity contribution < 1.29 is 21.5 Å². The first-order valence-corrected chi connectivity index (χ1v) is 7.69. The van der Waals surface area contributed by atoms with Gasteiger partial charge >= 0.3 is 0 Å². The van der Waals surface area contributed by atoms with Gasteiger partial charge in [0.05, 0.1) is 0 Å². The molecule has 2 aromatic carbocycles. The average Bonchev–Trinajstić information content (AvgIpc) is 2.75. The van der Waals surface area contributed by atoms with Gasteiger partial charge in [-0.2, -0.15) is 4.57 Å². The highest BCUT2D eigenvalue weighted by Gasteiger charge is 2.16. The lowest BCUT2D eigenvalue weighted by Gasteiger charge is -1.96. The molecule has 0 atom stereocenters. The predicted octanol–water partition coefficient (Wildman–Crippen LogP) is 1.02. The SMILES string of the molecule is C[n+]1c(SCc2ccccc2)sc2ccccc21.[Br-]. The van der Waals surface area contributed by atoms with E-state index < -0.39 is 0 Å². The van der Waals surface area contributed by atoms with Gasteiger partial charge in [-0.3, -0.25) is 0 Å². The summed E-state index contributed by atoms with van der Waals surface area (Å²) in [6, 6.07) is 19.2. The van der Waals surface area contributed by atoms with Crippen LogP contribution in [0.25, 0.3) is 10.2 Å². The molecule has 4 heteroatoms. The number of para-hydroxylation sites is 1. The van der Waals surface area contributed by atoms with Crippen LogP contribution in [0.3, 0.4) is 0 Å². The van der Waals surface area contributed by atoms with E-state index in [-0.39, 0.29) is 17.0 Å². The number of halogens is 1. The number of aryl methyl sites for hydroxylation is 1. The average molecular weight is 352 g/mol. The van der Waals surface area contributed by atoms with Crippen LogP contribution in [0.15, 0.2) is 58.9 Å². The van der Waals surface area contributed by atoms with Gasteiger partial charge in [0.1, 0.15) is 11.7 Å². The third-order valence-corrected chi connectivity index (χ3v) is 5.52. The smallest absolute Gasteiger partial charge is 0.298 e. The first-order chi connectivity index (χ1) is 8.84. The highest BCUT2D eigenvalue weighted by Crippen LogP contribution is 2.29. The molecule has 0 spiro atoms. The lowest BCUT2D eigenvalue weighted by molar-refractivity contribution is -0.676. The quantitative estimate of drug-likeness (QED) is 0.503. The number of thioether (sulfide) groups is 1. The number of benzene rings is 2. The van der Waals surface area contributed by atoms with Crippen LogP contribution >= 0.6 is 23.1 Å². The van der Waals surface area contributed by atoms with Gasteiger partial charge in [-0.15, -0.1) is 0 Å². The maximum absolute atomic E-state index is 2.29. The zero-order valence-electron chi connectivity index (χ0n) is 10.5. The third-order valence-electron chi connectivity index (χ3n) is 2.90. The van der Waals surface area contributed by atoms with Crippen molar-refractivity contribution in [2.24, 2.45) is 7.05 Å². The molecule has 0 fully saturated rings. The van der Waals surface area contributed by atoms with Gasteiger partial charge < -0.3 is 17.0 Å². The van der Waals surface area contributed by atoms with E-state index in [1.54, 1.807) is 0 Å². The maximum atomic E-state index is 2.29. The summed E-state index contributed by atoms with van der Waals surface area (Å²) in [4.78, 5) is 0. The van der Waals surface area contributed by atoms with Crippen LogP contribution in [0.1, 0.15) is 5.56 Å². The molecule has 0 bridgehead atoms. The van der Waals surface area contributed by atoms with Gasteiger partial charge in [-0.1, -0.05) is 53.8 Å². The Balaban J connectivity index is 0.00000133. The van der Waals surface area contributed by atoms with E-state index in [1.807, 2.05) is 23.1 Å². The van der Waals surface area contributed by atoms with E-state index in [1.165, 1.54) is 20.1 Å². The first kappa shape index (κ1) is 14.6. The fraction of sp³-hybridized carbons (Fsp3) is 0.133. The van der Waals surface area contributed by atoms with E-state index in [2.05, 4.69) is 66.2 Å². The van der Waals surface area contributed by atoms with Gasteiger partial charge in [-0.25, -0.2) is 0 Å². The number of thiazole rings is 1. The summed E-state index contributed by atoms with van der Waals surface area (Å²) in [5.41, 5.74) is 2.69. The fourth-order valence-electron chi connectivity index (χ4n) is 1.93. The Bertz CT molecular complexity index is 664. The zero-order valence-corrected chi connectivity index (χ0v) is 13.8. The molecular formula is C15H14BrNS2. The fourth-order valence-corrected chi connectivity index (χ4v) is 4.26. The predicted molar refractivity (Wildman–Crippen MR) is 79.0 cm³/mol. The summed E-state index contributed by atoms with van der Waals surface area (Å²) < 4.78 is 5.00. The molecular weight excluding hydrogens is 338 g/mol. The van der Waals surface area contributed by atoms with E-state index >= 15 is 0 Å². The Morgan fingerprint density at radius 2 is 1.68 bits per heavy atom. The normalized spacial score (nSPS) is 10.4. The highest BCUT2D eigenvalue weighted by atomic mass is 79.9. The second-order valence-corrected chi connectivity index (χ2v) is 6.42. The molecule has 3 rings (SSSR count). The number of hydrogen-bond acceptors (Lipinski definition) is 2. The first-order valence-electron chi connectivity index (χ1n) is 5.89. The second kappa shape index (κ2) is 6.55. The van der Waals surface area contributed by atoms with Gasteiger partial charge in [0, 0.05) is 11.8 Å². The molecule has 0 aliphatic heterocycles. The van der Waals surface area contributed by atoms with Crippen LogP contribution < -0.4 is 21.5 Å². The molecule has 1 nitrogen and oxygen atoms in total. The van der Waals surface area contributed by atoms with Crippen LogP contribution in [-0.4, -0.2) is 0 Å². The lowest BCUT2D eigenvalue weighted by Crippen LogP contribution is -3.00. The lowest BCUT2D eigenvalue weighted by atomic mass is 10.2. The Labute approximate surface area is 132 Å². The third kappa shape index (κ3) is 3.19. The summed E-state index contributed by atoms with van der Waals surface area (Å²) in [6.07, 6.45) is 0. The summed E-state index contributed by atoms with van der Waals surface area (Å²) in [5.74, 6) is 1.03. The number of fused-ring (bicyclic) bond motifs is 1. The van der Waals surface area contributed by atoms with Crippen molar-refractivity contribution >= 4 is 33.3 Å². The number of aromatic nitrogens is 1. The van der Waals surface area contributed by atoms with Crippen molar-refractivity contribution in [3.05, 3.63) is 60.2 Å². The van der Waals surface area contributed by atoms with Crippen LogP contribution in [0, 0.1) is 0 Å². The van der Waals surface area contributed by atoms with Crippen LogP contribution in [-0.2, 0) is 12.8 Å². The largest absolute Gasteiger partial charge is 1.00 e. The molecule has 0 aliphatic carbocycles. The van der Waals surface area contributed by atoms with E-state index in [0.29, 0.717) is 0 Å². The maximum Gasteiger partial charge on any atom is 0.298 e. The van der Waals surface area contributed by atoms with Crippen molar-refractivity contribution in [2.75, 3.05) is 0 Å².